The van der Waals surface area contributed by atoms with Crippen LogP contribution in [-0.2, 0) is 27.9 Å². The van der Waals surface area contributed by atoms with Crippen molar-refractivity contribution in [3.63, 3.8) is 0 Å². The summed E-state index contributed by atoms with van der Waals surface area (Å²) in [5.41, 5.74) is 0. The zero-order valence-corrected chi connectivity index (χ0v) is 41.5. The highest BCUT2D eigenvalue weighted by atomic mass is 31.2. The van der Waals surface area contributed by atoms with Gasteiger partial charge in [0.25, 0.3) is 7.82 Å². The number of allylic oxidation sites excluding steroid dienone is 8. The Morgan fingerprint density at radius 2 is 0.951 bits per heavy atom. The molecule has 0 aromatic rings. The second-order valence-corrected chi connectivity index (χ2v) is 19.6. The second kappa shape index (κ2) is 45.0. The van der Waals surface area contributed by atoms with Crippen LogP contribution >= 0.6 is 7.82 Å². The van der Waals surface area contributed by atoms with Crippen LogP contribution in [0.2, 0.25) is 0 Å². The van der Waals surface area contributed by atoms with Crippen molar-refractivity contribution in [1.82, 2.24) is 0 Å². The molecule has 0 saturated carbocycles. The number of hydrogen-bond donors (Lipinski definition) is 0. The monoisotopic (exact) mass is 880 g/mol. The highest BCUT2D eigenvalue weighted by Crippen LogP contribution is 2.38. The molecule has 0 spiro atoms. The summed E-state index contributed by atoms with van der Waals surface area (Å²) in [7, 11) is 1.34. The van der Waals surface area contributed by atoms with E-state index >= 15 is 0 Å². The van der Waals surface area contributed by atoms with E-state index in [0.29, 0.717) is 17.6 Å². The molecule has 0 saturated heterocycles. The van der Waals surface area contributed by atoms with Crippen LogP contribution in [-0.4, -0.2) is 70.7 Å². The number of esters is 1. The van der Waals surface area contributed by atoms with E-state index < -0.39 is 13.9 Å². The van der Waals surface area contributed by atoms with Gasteiger partial charge in [-0.05, 0) is 70.6 Å². The molecule has 0 rings (SSSR count). The van der Waals surface area contributed by atoms with Crippen molar-refractivity contribution in [3.8, 4) is 0 Å². The van der Waals surface area contributed by atoms with Gasteiger partial charge in [0.15, 0.2) is 0 Å². The van der Waals surface area contributed by atoms with E-state index in [2.05, 4.69) is 62.5 Å². The Morgan fingerprint density at radius 3 is 1.44 bits per heavy atom. The Labute approximate surface area is 378 Å². The molecule has 0 aliphatic rings. The number of carbonyl (C=O) groups is 1. The molecule has 2 unspecified atom stereocenters. The van der Waals surface area contributed by atoms with Crippen LogP contribution in [0.4, 0.5) is 0 Å². The van der Waals surface area contributed by atoms with Gasteiger partial charge in [-0.1, -0.05) is 191 Å². The second-order valence-electron chi connectivity index (χ2n) is 18.1. The normalized spacial score (nSPS) is 14.0. The number of phosphoric ester groups is 1. The average molecular weight is 880 g/mol. The lowest BCUT2D eigenvalue weighted by Gasteiger charge is -2.28. The molecule has 0 aliphatic heterocycles. The summed E-state index contributed by atoms with van der Waals surface area (Å²) in [5.74, 6) is -0.361. The van der Waals surface area contributed by atoms with Crippen LogP contribution in [0, 0.1) is 0 Å². The average Bonchev–Trinajstić information content (AvgIpc) is 3.22. The highest BCUT2D eigenvalue weighted by Gasteiger charge is 2.20. The molecule has 0 fully saturated rings. The number of rotatable bonds is 47. The maximum absolute atomic E-state index is 12.7. The standard InChI is InChI=1S/C52H98NO7P/c1-6-8-10-12-14-16-18-20-21-22-23-24-25-26-27-28-29-30-31-32-34-36-38-40-42-44-47-57-49-51(50-59-61(55,56)58-48-46-53(3,4)5)60-52(54)45-43-41-39-37-35-33-19-17-15-13-11-9-7-2/h9,11,15,17,22-23,33,35,51H,6-8,10,12-14,16,18-21,24-32,34,36-50H2,1-5H3/b11-9-,17-15-,23-22-,35-33-. The van der Waals surface area contributed by atoms with Crippen molar-refractivity contribution >= 4 is 13.8 Å². The maximum Gasteiger partial charge on any atom is 0.306 e. The zero-order chi connectivity index (χ0) is 44.8. The van der Waals surface area contributed by atoms with Crippen molar-refractivity contribution < 1.29 is 37.3 Å². The molecule has 2 atom stereocenters. The summed E-state index contributed by atoms with van der Waals surface area (Å²) in [6.45, 7) is 5.27. The molecule has 0 aromatic carbocycles. The topological polar surface area (TPSA) is 94.1 Å². The number of quaternary nitrogens is 1. The van der Waals surface area contributed by atoms with Gasteiger partial charge in [-0.25, -0.2) is 0 Å². The van der Waals surface area contributed by atoms with Crippen LogP contribution in [0.25, 0.3) is 0 Å². The van der Waals surface area contributed by atoms with Gasteiger partial charge in [-0.15, -0.1) is 0 Å². The van der Waals surface area contributed by atoms with E-state index in [0.717, 1.165) is 57.8 Å². The lowest BCUT2D eigenvalue weighted by molar-refractivity contribution is -0.870. The fourth-order valence-corrected chi connectivity index (χ4v) is 7.70. The first kappa shape index (κ1) is 59.5. The van der Waals surface area contributed by atoms with Crippen LogP contribution in [0.1, 0.15) is 219 Å². The highest BCUT2D eigenvalue weighted by molar-refractivity contribution is 7.45. The van der Waals surface area contributed by atoms with E-state index in [4.69, 9.17) is 18.5 Å². The van der Waals surface area contributed by atoms with E-state index in [1.807, 2.05) is 21.1 Å². The quantitative estimate of drug-likeness (QED) is 0.0198. The van der Waals surface area contributed by atoms with Crippen LogP contribution in [0.15, 0.2) is 48.6 Å². The number of carbonyl (C=O) groups excluding carboxylic acids is 1. The summed E-state index contributed by atoms with van der Waals surface area (Å²) in [5, 5.41) is 0. The first-order valence-electron chi connectivity index (χ1n) is 25.4. The zero-order valence-electron chi connectivity index (χ0n) is 40.6. The molecule has 0 heterocycles. The summed E-state index contributed by atoms with van der Waals surface area (Å²) in [4.78, 5) is 25.1. The fraction of sp³-hybridized carbons (Fsp3) is 0.827. The SMILES string of the molecule is CC/C=C\C/C=C\C/C=C\CCCCCC(=O)OC(COCCCCCCCCCCCCCCCC/C=C\CCCCCCCCCC)COP(=O)([O-])OCC[N+](C)(C)C. The molecule has 0 radical (unpaired) electrons. The molecule has 8 nitrogen and oxygen atoms in total. The number of likely N-dealkylation sites (N-methyl/N-ethyl adjacent to an activating group) is 1. The van der Waals surface area contributed by atoms with E-state index in [1.54, 1.807) is 0 Å². The summed E-state index contributed by atoms with van der Waals surface area (Å²) in [6, 6.07) is 0. The van der Waals surface area contributed by atoms with Crippen molar-refractivity contribution in [2.45, 2.75) is 225 Å². The van der Waals surface area contributed by atoms with Crippen molar-refractivity contribution in [2.24, 2.45) is 0 Å². The lowest BCUT2D eigenvalue weighted by Crippen LogP contribution is -2.37. The number of phosphoric acid groups is 1. The van der Waals surface area contributed by atoms with E-state index in [1.165, 1.54) is 141 Å². The van der Waals surface area contributed by atoms with E-state index in [9.17, 15) is 14.3 Å². The van der Waals surface area contributed by atoms with Gasteiger partial charge in [0, 0.05) is 13.0 Å². The van der Waals surface area contributed by atoms with Gasteiger partial charge in [0.2, 0.25) is 0 Å². The van der Waals surface area contributed by atoms with Crippen molar-refractivity contribution in [2.75, 3.05) is 54.1 Å². The van der Waals surface area contributed by atoms with Gasteiger partial charge in [0.05, 0.1) is 34.4 Å². The molecule has 0 amide bonds. The van der Waals surface area contributed by atoms with Crippen molar-refractivity contribution in [1.29, 1.82) is 0 Å². The Hall–Kier alpha value is -1.54. The predicted molar refractivity (Wildman–Crippen MR) is 259 cm³/mol. The predicted octanol–water partition coefficient (Wildman–Crippen LogP) is 14.9. The van der Waals surface area contributed by atoms with Gasteiger partial charge < -0.3 is 27.9 Å². The largest absolute Gasteiger partial charge is 0.756 e. The maximum atomic E-state index is 12.7. The van der Waals surface area contributed by atoms with Gasteiger partial charge in [0.1, 0.15) is 19.3 Å². The third-order valence-electron chi connectivity index (χ3n) is 10.9. The number of ether oxygens (including phenoxy) is 2. The number of hydrogen-bond acceptors (Lipinski definition) is 7. The van der Waals surface area contributed by atoms with Gasteiger partial charge in [-0.3, -0.25) is 9.36 Å². The molecular formula is C52H98NO7P. The summed E-state index contributed by atoms with van der Waals surface area (Å²) >= 11 is 0. The number of nitrogens with zero attached hydrogens (tertiary/aromatic N) is 1. The minimum atomic E-state index is -4.54. The summed E-state index contributed by atoms with van der Waals surface area (Å²) < 4.78 is 34.6. The van der Waals surface area contributed by atoms with Crippen LogP contribution in [0.5, 0.6) is 0 Å². The van der Waals surface area contributed by atoms with E-state index in [-0.39, 0.29) is 32.2 Å². The third kappa shape index (κ3) is 49.3. The fourth-order valence-electron chi connectivity index (χ4n) is 6.97. The summed E-state index contributed by atoms with van der Waals surface area (Å²) in [6.07, 6.45) is 55.8. The molecule has 0 bridgehead atoms. The molecule has 358 valence electrons. The molecular weight excluding hydrogens is 782 g/mol. The van der Waals surface area contributed by atoms with Crippen molar-refractivity contribution in [3.05, 3.63) is 48.6 Å². The van der Waals surface area contributed by atoms with Crippen LogP contribution < -0.4 is 4.89 Å². The molecule has 0 N–H and O–H groups in total. The molecule has 9 heteroatoms. The Balaban J connectivity index is 4.05. The molecule has 0 aliphatic carbocycles. The number of unbranched alkanes of at least 4 members (excludes halogenated alkanes) is 25. The third-order valence-corrected chi connectivity index (χ3v) is 11.8. The molecule has 61 heavy (non-hydrogen) atoms. The van der Waals surface area contributed by atoms with Gasteiger partial charge >= 0.3 is 5.97 Å². The van der Waals surface area contributed by atoms with Gasteiger partial charge in [-0.2, -0.15) is 0 Å². The minimum Gasteiger partial charge on any atom is -0.756 e. The lowest BCUT2D eigenvalue weighted by atomic mass is 10.0. The van der Waals surface area contributed by atoms with Crippen LogP contribution in [0.3, 0.4) is 0 Å². The molecule has 0 aromatic heterocycles. The Kier molecular flexibility index (Phi) is 43.9. The minimum absolute atomic E-state index is 0.0197. The smallest absolute Gasteiger partial charge is 0.306 e. The first-order valence-corrected chi connectivity index (χ1v) is 26.8. The Bertz CT molecular complexity index is 1120. The first-order chi connectivity index (χ1) is 29.6. The Morgan fingerprint density at radius 1 is 0.525 bits per heavy atom.